The van der Waals surface area contributed by atoms with Crippen LogP contribution >= 0.6 is 35.3 Å². The summed E-state index contributed by atoms with van der Waals surface area (Å²) in [5.41, 5.74) is 0. The van der Waals surface area contributed by atoms with Gasteiger partial charge in [0.1, 0.15) is 12.4 Å². The lowest BCUT2D eigenvalue weighted by Gasteiger charge is -2.29. The van der Waals surface area contributed by atoms with Crippen molar-refractivity contribution in [3.8, 4) is 0 Å². The van der Waals surface area contributed by atoms with E-state index < -0.39 is 0 Å². The zero-order valence-electron chi connectivity index (χ0n) is 18.8. The zero-order valence-corrected chi connectivity index (χ0v) is 21.9. The molecule has 0 bridgehead atoms. The van der Waals surface area contributed by atoms with Gasteiger partial charge in [-0.1, -0.05) is 12.5 Å². The van der Waals surface area contributed by atoms with Crippen molar-refractivity contribution >= 4 is 41.3 Å². The fourth-order valence-electron chi connectivity index (χ4n) is 4.44. The smallest absolute Gasteiger partial charge is 0.194 e. The molecule has 2 aromatic rings. The van der Waals surface area contributed by atoms with Crippen LogP contribution in [0.15, 0.2) is 22.5 Å². The lowest BCUT2D eigenvalue weighted by molar-refractivity contribution is 0.198. The molecule has 1 N–H and O–H groups in total. The van der Waals surface area contributed by atoms with E-state index in [0.717, 1.165) is 49.6 Å². The van der Waals surface area contributed by atoms with Crippen molar-refractivity contribution in [1.29, 1.82) is 0 Å². The van der Waals surface area contributed by atoms with Gasteiger partial charge in [-0.15, -0.1) is 45.5 Å². The average Bonchev–Trinajstić information content (AvgIpc) is 3.50. The van der Waals surface area contributed by atoms with Gasteiger partial charge < -0.3 is 19.7 Å². The molecule has 9 heteroatoms. The molecule has 1 atom stereocenters. The Kier molecular flexibility index (Phi) is 9.58. The predicted molar refractivity (Wildman–Crippen MR) is 138 cm³/mol. The first-order valence-corrected chi connectivity index (χ1v) is 12.2. The Morgan fingerprint density at radius 1 is 1.23 bits per heavy atom. The van der Waals surface area contributed by atoms with E-state index in [9.17, 15) is 0 Å². The van der Waals surface area contributed by atoms with Crippen LogP contribution in [0.1, 0.15) is 42.2 Å². The van der Waals surface area contributed by atoms with Crippen LogP contribution in [0, 0.1) is 12.8 Å². The number of likely N-dealkylation sites (tertiary alicyclic amines) is 2. The number of halogens is 1. The number of aromatic nitrogens is 3. The molecule has 172 valence electrons. The Balaban J connectivity index is 0.00000272. The second-order valence-corrected chi connectivity index (χ2v) is 9.61. The van der Waals surface area contributed by atoms with E-state index in [1.54, 1.807) is 0 Å². The summed E-state index contributed by atoms with van der Waals surface area (Å²) >= 11 is 1.82. The van der Waals surface area contributed by atoms with Crippen LogP contribution in [0.3, 0.4) is 0 Å². The first-order chi connectivity index (χ1) is 14.7. The molecule has 2 aliphatic heterocycles. The van der Waals surface area contributed by atoms with Gasteiger partial charge in [0.15, 0.2) is 11.8 Å². The first-order valence-electron chi connectivity index (χ1n) is 11.3. The fraction of sp³-hybridized carbons (Fsp3) is 0.682. The zero-order chi connectivity index (χ0) is 20.8. The van der Waals surface area contributed by atoms with Gasteiger partial charge in [0.25, 0.3) is 0 Å². The van der Waals surface area contributed by atoms with Gasteiger partial charge in [-0.3, -0.25) is 0 Å². The van der Waals surface area contributed by atoms with Gasteiger partial charge in [-0.2, -0.15) is 0 Å². The van der Waals surface area contributed by atoms with Crippen LogP contribution in [-0.2, 0) is 20.0 Å². The summed E-state index contributed by atoms with van der Waals surface area (Å²) in [6, 6.07) is 4.33. The first kappa shape index (κ1) is 24.4. The normalized spacial score (nSPS) is 20.1. The standard InChI is InChI=1S/C22H35N7S.HI/c1-18-25-26-21(27(18)2)15-24-22(23-10-8-20-7-6-14-30-20)29-13-9-19(17-29)16-28-11-4-3-5-12-28;/h6-7,14,19H,3-5,8-13,15-17H2,1-2H3,(H,23,24);1H. The molecule has 2 aromatic heterocycles. The molecule has 4 heterocycles. The Morgan fingerprint density at radius 2 is 2.06 bits per heavy atom. The van der Waals surface area contributed by atoms with Crippen LogP contribution in [-0.4, -0.2) is 69.8 Å². The highest BCUT2D eigenvalue weighted by atomic mass is 127. The number of nitrogens with zero attached hydrogens (tertiary/aromatic N) is 6. The summed E-state index contributed by atoms with van der Waals surface area (Å²) in [6.07, 6.45) is 6.42. The number of piperidine rings is 1. The largest absolute Gasteiger partial charge is 0.356 e. The Hall–Kier alpha value is -1.20. The molecule has 2 saturated heterocycles. The second kappa shape index (κ2) is 12.2. The van der Waals surface area contributed by atoms with Crippen molar-refractivity contribution in [2.24, 2.45) is 18.0 Å². The maximum Gasteiger partial charge on any atom is 0.194 e. The van der Waals surface area contributed by atoms with E-state index >= 15 is 0 Å². The van der Waals surface area contributed by atoms with Crippen molar-refractivity contribution in [2.75, 3.05) is 39.3 Å². The van der Waals surface area contributed by atoms with Crippen LogP contribution < -0.4 is 5.32 Å². The Bertz CT molecular complexity index is 814. The Labute approximate surface area is 207 Å². The van der Waals surface area contributed by atoms with Gasteiger partial charge in [-0.05, 0) is 63.1 Å². The summed E-state index contributed by atoms with van der Waals surface area (Å²) in [5, 5.41) is 14.2. The number of aliphatic imine (C=N–C) groups is 1. The van der Waals surface area contributed by atoms with Crippen molar-refractivity contribution < 1.29 is 0 Å². The molecular weight excluding hydrogens is 521 g/mol. The van der Waals surface area contributed by atoms with E-state index in [1.807, 2.05) is 29.9 Å². The summed E-state index contributed by atoms with van der Waals surface area (Å²) in [6.45, 7) is 9.42. The van der Waals surface area contributed by atoms with E-state index in [2.05, 4.69) is 42.8 Å². The number of hydrogen-bond donors (Lipinski definition) is 1. The molecule has 0 aromatic carbocycles. The van der Waals surface area contributed by atoms with Crippen LogP contribution in [0.4, 0.5) is 0 Å². The van der Waals surface area contributed by atoms with E-state index in [0.29, 0.717) is 6.54 Å². The quantitative estimate of drug-likeness (QED) is 0.322. The molecule has 7 nitrogen and oxygen atoms in total. The summed E-state index contributed by atoms with van der Waals surface area (Å²) in [4.78, 5) is 11.5. The highest BCUT2D eigenvalue weighted by Crippen LogP contribution is 2.20. The third kappa shape index (κ3) is 6.89. The molecule has 4 rings (SSSR count). The molecule has 0 radical (unpaired) electrons. The van der Waals surface area contributed by atoms with Gasteiger partial charge in [-0.25, -0.2) is 4.99 Å². The highest BCUT2D eigenvalue weighted by molar-refractivity contribution is 14.0. The SMILES string of the molecule is Cc1nnc(CN=C(NCCc2cccs2)N2CCC(CN3CCCCC3)C2)n1C.I. The van der Waals surface area contributed by atoms with Gasteiger partial charge in [0.2, 0.25) is 0 Å². The number of hydrogen-bond acceptors (Lipinski definition) is 5. The van der Waals surface area contributed by atoms with Crippen molar-refractivity contribution in [3.63, 3.8) is 0 Å². The van der Waals surface area contributed by atoms with Crippen molar-refractivity contribution in [1.82, 2.24) is 29.9 Å². The topological polar surface area (TPSA) is 61.6 Å². The monoisotopic (exact) mass is 557 g/mol. The molecule has 31 heavy (non-hydrogen) atoms. The average molecular weight is 558 g/mol. The molecule has 1 unspecified atom stereocenters. The molecule has 2 fully saturated rings. The van der Waals surface area contributed by atoms with Crippen LogP contribution in [0.2, 0.25) is 0 Å². The number of guanidine groups is 1. The number of aryl methyl sites for hydroxylation is 1. The summed E-state index contributed by atoms with van der Waals surface area (Å²) in [5.74, 6) is 3.60. The van der Waals surface area contributed by atoms with Gasteiger partial charge in [0, 0.05) is 38.1 Å². The summed E-state index contributed by atoms with van der Waals surface area (Å²) < 4.78 is 2.02. The molecular formula is C22H36IN7S. The molecule has 2 aliphatic rings. The van der Waals surface area contributed by atoms with Crippen molar-refractivity contribution in [3.05, 3.63) is 34.0 Å². The number of rotatable bonds is 7. The number of thiophene rings is 1. The van der Waals surface area contributed by atoms with Gasteiger partial charge >= 0.3 is 0 Å². The van der Waals surface area contributed by atoms with E-state index in [-0.39, 0.29) is 24.0 Å². The minimum atomic E-state index is 0. The molecule has 0 amide bonds. The lowest BCUT2D eigenvalue weighted by Crippen LogP contribution is -2.42. The molecule has 0 saturated carbocycles. The van der Waals surface area contributed by atoms with E-state index in [4.69, 9.17) is 4.99 Å². The molecule has 0 aliphatic carbocycles. The third-order valence-electron chi connectivity index (χ3n) is 6.34. The Morgan fingerprint density at radius 3 is 2.77 bits per heavy atom. The minimum absolute atomic E-state index is 0. The third-order valence-corrected chi connectivity index (χ3v) is 7.27. The second-order valence-electron chi connectivity index (χ2n) is 8.58. The highest BCUT2D eigenvalue weighted by Gasteiger charge is 2.27. The lowest BCUT2D eigenvalue weighted by atomic mass is 10.1. The van der Waals surface area contributed by atoms with Crippen LogP contribution in [0.5, 0.6) is 0 Å². The minimum Gasteiger partial charge on any atom is -0.356 e. The van der Waals surface area contributed by atoms with Crippen molar-refractivity contribution in [2.45, 2.75) is 45.6 Å². The van der Waals surface area contributed by atoms with Gasteiger partial charge in [0.05, 0.1) is 0 Å². The number of nitrogens with one attached hydrogen (secondary N) is 1. The maximum atomic E-state index is 4.95. The molecule has 0 spiro atoms. The summed E-state index contributed by atoms with van der Waals surface area (Å²) in [7, 11) is 2.01. The predicted octanol–water partition coefficient (Wildman–Crippen LogP) is 3.30. The maximum absolute atomic E-state index is 4.95. The fourth-order valence-corrected chi connectivity index (χ4v) is 5.14. The van der Waals surface area contributed by atoms with Crippen LogP contribution in [0.25, 0.3) is 0 Å². The van der Waals surface area contributed by atoms with E-state index in [1.165, 1.54) is 50.2 Å².